The highest BCUT2D eigenvalue weighted by molar-refractivity contribution is 6.01. The number of anilines is 2. The lowest BCUT2D eigenvalue weighted by Crippen LogP contribution is -2.26. The van der Waals surface area contributed by atoms with Gasteiger partial charge in [0, 0.05) is 17.7 Å². The number of rotatable bonds is 2. The number of hydrogen-bond acceptors (Lipinski definition) is 4. The molecule has 0 spiro atoms. The van der Waals surface area contributed by atoms with Gasteiger partial charge >= 0.3 is 0 Å². The lowest BCUT2D eigenvalue weighted by atomic mass is 9.79. The Kier molecular flexibility index (Phi) is 3.82. The summed E-state index contributed by atoms with van der Waals surface area (Å²) in [5.41, 5.74) is 4.93. The van der Waals surface area contributed by atoms with E-state index in [1.165, 1.54) is 5.56 Å². The van der Waals surface area contributed by atoms with Crippen LogP contribution in [0.2, 0.25) is 0 Å². The van der Waals surface area contributed by atoms with Gasteiger partial charge in [0.05, 0.1) is 17.6 Å². The van der Waals surface area contributed by atoms with Gasteiger partial charge in [-0.15, -0.1) is 0 Å². The quantitative estimate of drug-likeness (QED) is 0.658. The van der Waals surface area contributed by atoms with E-state index < -0.39 is 0 Å². The maximum atomic E-state index is 13.2. The number of Topliss-reactive ketones (excluding diaryl/α,β-unsaturated/α-hetero) is 1. The maximum absolute atomic E-state index is 13.2. The van der Waals surface area contributed by atoms with Crippen LogP contribution < -0.4 is 10.6 Å². The summed E-state index contributed by atoms with van der Waals surface area (Å²) >= 11 is 0. The summed E-state index contributed by atoms with van der Waals surface area (Å²) in [6.07, 6.45) is 2.97. The van der Waals surface area contributed by atoms with Crippen molar-refractivity contribution in [1.82, 2.24) is 0 Å². The van der Waals surface area contributed by atoms with Gasteiger partial charge in [-0.1, -0.05) is 42.5 Å². The minimum Gasteiger partial charge on any atom is -0.467 e. The first-order valence-corrected chi connectivity index (χ1v) is 9.27. The first-order valence-electron chi connectivity index (χ1n) is 9.27. The van der Waals surface area contributed by atoms with Crippen LogP contribution in [-0.4, -0.2) is 5.78 Å². The zero-order valence-corrected chi connectivity index (χ0v) is 14.8. The molecular formula is C23H20N2O2. The fourth-order valence-corrected chi connectivity index (χ4v) is 4.12. The molecule has 1 aliphatic carbocycles. The first kappa shape index (κ1) is 15.9. The minimum atomic E-state index is -0.282. The molecule has 134 valence electrons. The van der Waals surface area contributed by atoms with Crippen molar-refractivity contribution < 1.29 is 9.21 Å². The molecule has 2 unspecified atom stereocenters. The molecule has 1 aromatic heterocycles. The van der Waals surface area contributed by atoms with Crippen LogP contribution in [0.3, 0.4) is 0 Å². The van der Waals surface area contributed by atoms with Gasteiger partial charge in [-0.05, 0) is 42.2 Å². The number of fused-ring (bicyclic) bond motifs is 1. The average molecular weight is 356 g/mol. The Labute approximate surface area is 157 Å². The Balaban J connectivity index is 1.61. The van der Waals surface area contributed by atoms with Crippen LogP contribution in [0.4, 0.5) is 11.4 Å². The second kappa shape index (κ2) is 6.47. The highest BCUT2D eigenvalue weighted by Crippen LogP contribution is 2.44. The number of carbonyl (C=O) groups excluding carboxylic acids is 1. The molecule has 5 rings (SSSR count). The van der Waals surface area contributed by atoms with E-state index >= 15 is 0 Å². The normalized spacial score (nSPS) is 21.6. The molecule has 0 radical (unpaired) electrons. The van der Waals surface area contributed by atoms with Gasteiger partial charge in [0.15, 0.2) is 5.78 Å². The first-order chi connectivity index (χ1) is 13.3. The van der Waals surface area contributed by atoms with Gasteiger partial charge in [-0.25, -0.2) is 0 Å². The molecule has 3 aromatic rings. The minimum absolute atomic E-state index is 0.166. The van der Waals surface area contributed by atoms with Crippen LogP contribution in [0.15, 0.2) is 88.7 Å². The van der Waals surface area contributed by atoms with E-state index in [0.29, 0.717) is 6.42 Å². The molecule has 0 saturated heterocycles. The van der Waals surface area contributed by atoms with E-state index in [1.807, 2.05) is 54.6 Å². The summed E-state index contributed by atoms with van der Waals surface area (Å²) in [5, 5.41) is 7.05. The van der Waals surface area contributed by atoms with Gasteiger partial charge in [0.1, 0.15) is 11.8 Å². The Hall–Kier alpha value is -3.27. The summed E-state index contributed by atoms with van der Waals surface area (Å²) in [7, 11) is 0. The third kappa shape index (κ3) is 2.83. The predicted molar refractivity (Wildman–Crippen MR) is 106 cm³/mol. The highest BCUT2D eigenvalue weighted by Gasteiger charge is 2.36. The number of benzene rings is 2. The van der Waals surface area contributed by atoms with Crippen molar-refractivity contribution in [2.24, 2.45) is 0 Å². The van der Waals surface area contributed by atoms with Crippen LogP contribution >= 0.6 is 0 Å². The number of allylic oxidation sites excluding steroid dienone is 1. The molecule has 2 aromatic carbocycles. The summed E-state index contributed by atoms with van der Waals surface area (Å²) in [6, 6.07) is 21.8. The van der Waals surface area contributed by atoms with Crippen molar-refractivity contribution in [3.63, 3.8) is 0 Å². The molecule has 2 atom stereocenters. The third-order valence-corrected chi connectivity index (χ3v) is 5.41. The standard InChI is InChI=1S/C23H20N2O2/c26-20-14-16(15-7-2-1-3-8-15)13-19-22(20)23(21-11-6-12-27-21)25-18-10-5-4-9-17(18)24-19/h1-12,16,23-25H,13-14H2. The van der Waals surface area contributed by atoms with Crippen molar-refractivity contribution in [2.45, 2.75) is 24.8 Å². The van der Waals surface area contributed by atoms with Crippen LogP contribution in [0.1, 0.15) is 36.1 Å². The lowest BCUT2D eigenvalue weighted by molar-refractivity contribution is -0.116. The second-order valence-electron chi connectivity index (χ2n) is 7.09. The number of para-hydroxylation sites is 2. The molecule has 2 N–H and O–H groups in total. The van der Waals surface area contributed by atoms with E-state index in [-0.39, 0.29) is 17.7 Å². The maximum Gasteiger partial charge on any atom is 0.163 e. The highest BCUT2D eigenvalue weighted by atomic mass is 16.3. The van der Waals surface area contributed by atoms with Crippen molar-refractivity contribution in [3.05, 3.63) is 95.6 Å². The number of hydrogen-bond donors (Lipinski definition) is 2. The van der Waals surface area contributed by atoms with Gasteiger partial charge in [0.25, 0.3) is 0 Å². The van der Waals surface area contributed by atoms with Crippen molar-refractivity contribution in [2.75, 3.05) is 10.6 Å². The van der Waals surface area contributed by atoms with Gasteiger partial charge in [0.2, 0.25) is 0 Å². The van der Waals surface area contributed by atoms with E-state index in [1.54, 1.807) is 6.26 Å². The molecule has 0 bridgehead atoms. The van der Waals surface area contributed by atoms with Gasteiger partial charge in [-0.2, -0.15) is 0 Å². The zero-order valence-electron chi connectivity index (χ0n) is 14.8. The number of ketones is 1. The third-order valence-electron chi connectivity index (χ3n) is 5.41. The molecule has 4 heteroatoms. The summed E-state index contributed by atoms with van der Waals surface area (Å²) in [6.45, 7) is 0. The molecule has 4 nitrogen and oxygen atoms in total. The van der Waals surface area contributed by atoms with Crippen molar-refractivity contribution in [3.8, 4) is 0 Å². The van der Waals surface area contributed by atoms with Crippen LogP contribution in [0, 0.1) is 0 Å². The van der Waals surface area contributed by atoms with Crippen LogP contribution in [0.25, 0.3) is 0 Å². The van der Waals surface area contributed by atoms with Crippen LogP contribution in [-0.2, 0) is 4.79 Å². The van der Waals surface area contributed by atoms with Gasteiger partial charge < -0.3 is 15.1 Å². The summed E-state index contributed by atoms with van der Waals surface area (Å²) in [5.74, 6) is 1.11. The molecule has 2 aliphatic rings. The molecule has 27 heavy (non-hydrogen) atoms. The topological polar surface area (TPSA) is 54.3 Å². The Morgan fingerprint density at radius 2 is 1.63 bits per heavy atom. The monoisotopic (exact) mass is 356 g/mol. The zero-order chi connectivity index (χ0) is 18.2. The van der Waals surface area contributed by atoms with Crippen molar-refractivity contribution in [1.29, 1.82) is 0 Å². The largest absolute Gasteiger partial charge is 0.467 e. The van der Waals surface area contributed by atoms with E-state index in [9.17, 15) is 4.79 Å². The number of nitrogens with one attached hydrogen (secondary N) is 2. The molecule has 0 saturated carbocycles. The number of carbonyl (C=O) groups is 1. The molecular weight excluding hydrogens is 336 g/mol. The van der Waals surface area contributed by atoms with E-state index in [0.717, 1.165) is 34.8 Å². The fraction of sp³-hybridized carbons (Fsp3) is 0.174. The van der Waals surface area contributed by atoms with Crippen molar-refractivity contribution >= 4 is 17.2 Å². The smallest absolute Gasteiger partial charge is 0.163 e. The van der Waals surface area contributed by atoms with Gasteiger partial charge in [-0.3, -0.25) is 4.79 Å². The Morgan fingerprint density at radius 3 is 2.41 bits per heavy atom. The Morgan fingerprint density at radius 1 is 0.852 bits per heavy atom. The molecule has 1 aliphatic heterocycles. The summed E-state index contributed by atoms with van der Waals surface area (Å²) in [4.78, 5) is 13.2. The SMILES string of the molecule is O=C1CC(c2ccccc2)CC2=C1C(c1ccco1)Nc1ccccc1N2. The number of furan rings is 1. The average Bonchev–Trinajstić information content (AvgIpc) is 3.17. The lowest BCUT2D eigenvalue weighted by Gasteiger charge is -2.29. The summed E-state index contributed by atoms with van der Waals surface area (Å²) < 4.78 is 5.68. The van der Waals surface area contributed by atoms with E-state index in [4.69, 9.17) is 4.42 Å². The Bertz CT molecular complexity index is 1010. The molecule has 0 amide bonds. The molecule has 0 fully saturated rings. The fourth-order valence-electron chi connectivity index (χ4n) is 4.12. The van der Waals surface area contributed by atoms with Crippen LogP contribution in [0.5, 0.6) is 0 Å². The van der Waals surface area contributed by atoms with E-state index in [2.05, 4.69) is 22.8 Å². The second-order valence-corrected chi connectivity index (χ2v) is 7.09. The molecule has 2 heterocycles. The predicted octanol–water partition coefficient (Wildman–Crippen LogP) is 5.26.